The number of nitrogens with one attached hydrogen (secondary N) is 1. The molecule has 182 valence electrons. The van der Waals surface area contributed by atoms with Crippen LogP contribution in [0.4, 0.5) is 0 Å². The largest absolute Gasteiger partial charge is 0.339 e. The van der Waals surface area contributed by atoms with E-state index in [1.54, 1.807) is 4.90 Å². The Hall–Kier alpha value is -3.35. The average molecular weight is 463 g/mol. The summed E-state index contributed by atoms with van der Waals surface area (Å²) in [7, 11) is 1.84. The molecule has 2 aromatic carbocycles. The molecule has 1 aliphatic rings. The van der Waals surface area contributed by atoms with Crippen LogP contribution >= 0.6 is 0 Å². The molecule has 1 N–H and O–H groups in total. The Morgan fingerprint density at radius 1 is 1.06 bits per heavy atom. The first-order chi connectivity index (χ1) is 16.5. The molecule has 1 saturated carbocycles. The molecule has 1 fully saturated rings. The number of carbonyl (C=O) groups excluding carboxylic acids is 1. The van der Waals surface area contributed by atoms with Crippen LogP contribution in [0.3, 0.4) is 0 Å². The van der Waals surface area contributed by atoms with Crippen LogP contribution in [0.25, 0.3) is 22.5 Å². The first kappa shape index (κ1) is 26.9. The number of aromatic amines is 1. The molecule has 1 heterocycles. The summed E-state index contributed by atoms with van der Waals surface area (Å²) in [6.07, 6.45) is 4.91. The molecule has 0 radical (unpaired) electrons. The lowest BCUT2D eigenvalue weighted by Gasteiger charge is -2.28. The monoisotopic (exact) mass is 462 g/mol. The van der Waals surface area contributed by atoms with E-state index in [4.69, 9.17) is 0 Å². The van der Waals surface area contributed by atoms with Gasteiger partial charge in [0.25, 0.3) is 0 Å². The molecule has 3 aromatic rings. The van der Waals surface area contributed by atoms with Gasteiger partial charge in [0, 0.05) is 19.2 Å². The normalized spacial score (nSPS) is 13.7. The number of hydrogen-bond donors (Lipinski definition) is 1. The van der Waals surface area contributed by atoms with Gasteiger partial charge in [0.1, 0.15) is 5.54 Å². The summed E-state index contributed by atoms with van der Waals surface area (Å²) in [4.78, 5) is 18.9. The summed E-state index contributed by atoms with van der Waals surface area (Å²) < 4.78 is 0. The number of aliphatic imine (C=N–C) groups is 1. The van der Waals surface area contributed by atoms with Gasteiger partial charge >= 0.3 is 0 Å². The van der Waals surface area contributed by atoms with Gasteiger partial charge in [-0.1, -0.05) is 95.5 Å². The second kappa shape index (κ2) is 13.4. The van der Waals surface area contributed by atoms with Crippen molar-refractivity contribution in [1.82, 2.24) is 25.5 Å². The fourth-order valence-corrected chi connectivity index (χ4v) is 4.10. The van der Waals surface area contributed by atoms with Crippen LogP contribution in [0.1, 0.15) is 65.4 Å². The van der Waals surface area contributed by atoms with Crippen LogP contribution in [-0.2, 0) is 11.3 Å². The minimum absolute atomic E-state index is 0.0662. The third kappa shape index (κ3) is 6.37. The van der Waals surface area contributed by atoms with E-state index in [9.17, 15) is 4.79 Å². The van der Waals surface area contributed by atoms with E-state index in [-0.39, 0.29) is 5.91 Å². The molecule has 0 spiro atoms. The lowest BCUT2D eigenvalue weighted by atomic mass is 9.96. The maximum atomic E-state index is 12.9. The molecule has 0 unspecified atom stereocenters. The second-order valence-corrected chi connectivity index (χ2v) is 8.24. The number of H-pyrrole nitrogens is 1. The van der Waals surface area contributed by atoms with Crippen molar-refractivity contribution in [2.45, 2.75) is 71.9 Å². The van der Waals surface area contributed by atoms with E-state index in [0.29, 0.717) is 12.4 Å². The van der Waals surface area contributed by atoms with Crippen LogP contribution in [0.15, 0.2) is 53.5 Å². The lowest BCUT2D eigenvalue weighted by Crippen LogP contribution is -2.43. The number of likely N-dealkylation sites (N-methyl/N-ethyl adjacent to an activating group) is 1. The summed E-state index contributed by atoms with van der Waals surface area (Å²) in [5.74, 6) is 0.630. The predicted molar refractivity (Wildman–Crippen MR) is 140 cm³/mol. The minimum Gasteiger partial charge on any atom is -0.339 e. The van der Waals surface area contributed by atoms with Gasteiger partial charge < -0.3 is 4.90 Å². The van der Waals surface area contributed by atoms with Gasteiger partial charge in [0.2, 0.25) is 11.7 Å². The van der Waals surface area contributed by atoms with Gasteiger partial charge in [-0.3, -0.25) is 9.79 Å². The van der Waals surface area contributed by atoms with E-state index in [1.165, 1.54) is 6.42 Å². The van der Waals surface area contributed by atoms with Crippen molar-refractivity contribution in [1.29, 1.82) is 0 Å². The third-order valence-corrected chi connectivity index (χ3v) is 5.68. The average Bonchev–Trinajstić information content (AvgIpc) is 3.59. The zero-order chi connectivity index (χ0) is 25.0. The Bertz CT molecular complexity index is 1010. The molecule has 34 heavy (non-hydrogen) atoms. The summed E-state index contributed by atoms with van der Waals surface area (Å²) in [5, 5.41) is 14.3. The van der Waals surface area contributed by atoms with E-state index in [0.717, 1.165) is 47.9 Å². The number of tetrazole rings is 1. The van der Waals surface area contributed by atoms with Gasteiger partial charge in [-0.25, -0.2) is 0 Å². The molecule has 4 rings (SSSR count). The molecule has 0 atom stereocenters. The summed E-state index contributed by atoms with van der Waals surface area (Å²) in [6.45, 7) is 12.5. The Morgan fingerprint density at radius 3 is 2.18 bits per heavy atom. The van der Waals surface area contributed by atoms with Gasteiger partial charge in [0.05, 0.1) is 0 Å². The summed E-state index contributed by atoms with van der Waals surface area (Å²) >= 11 is 0. The Labute approximate surface area is 203 Å². The topological polar surface area (TPSA) is 87.1 Å². The van der Waals surface area contributed by atoms with E-state index in [2.05, 4.69) is 70.4 Å². The first-order valence-electron chi connectivity index (χ1n) is 12.2. The highest BCUT2D eigenvalue weighted by atomic mass is 16.2. The lowest BCUT2D eigenvalue weighted by molar-refractivity contribution is -0.135. The maximum Gasteiger partial charge on any atom is 0.250 e. The van der Waals surface area contributed by atoms with Crippen LogP contribution < -0.4 is 0 Å². The van der Waals surface area contributed by atoms with Gasteiger partial charge in [-0.05, 0) is 41.5 Å². The molecule has 7 nitrogen and oxygen atoms in total. The molecular weight excluding hydrogens is 424 g/mol. The smallest absolute Gasteiger partial charge is 0.250 e. The van der Waals surface area contributed by atoms with Crippen molar-refractivity contribution in [2.75, 3.05) is 7.05 Å². The highest BCUT2D eigenvalue weighted by molar-refractivity contribution is 5.87. The zero-order valence-corrected chi connectivity index (χ0v) is 21.2. The summed E-state index contributed by atoms with van der Waals surface area (Å²) in [6, 6.07) is 16.2. The highest BCUT2D eigenvalue weighted by Gasteiger charge is 2.41. The molecule has 0 bridgehead atoms. The van der Waals surface area contributed by atoms with Gasteiger partial charge in [-0.2, -0.15) is 5.21 Å². The highest BCUT2D eigenvalue weighted by Crippen LogP contribution is 2.35. The van der Waals surface area contributed by atoms with Crippen molar-refractivity contribution >= 4 is 12.6 Å². The number of carbonyl (C=O) groups is 1. The van der Waals surface area contributed by atoms with Crippen molar-refractivity contribution in [3.8, 4) is 22.5 Å². The Morgan fingerprint density at radius 2 is 1.65 bits per heavy atom. The summed E-state index contributed by atoms with van der Waals surface area (Å²) in [5.41, 5.74) is 3.45. The van der Waals surface area contributed by atoms with Crippen LogP contribution in [0, 0.1) is 0 Å². The predicted octanol–water partition coefficient (Wildman–Crippen LogP) is 5.95. The fourth-order valence-electron chi connectivity index (χ4n) is 4.10. The number of aromatic nitrogens is 4. The van der Waals surface area contributed by atoms with Crippen molar-refractivity contribution in [3.63, 3.8) is 0 Å². The van der Waals surface area contributed by atoms with Gasteiger partial charge in [0.15, 0.2) is 0 Å². The minimum atomic E-state index is -0.627. The standard InChI is InChI=1S/C22H24N6O.C3H8.C2H6/c1-23-22(13-5-6-14-22)21(29)28(2)15-16-9-11-17(12-10-16)18-7-3-4-8-19(18)20-24-26-27-25-20;1-3-2;1-2/h3-4,7-12H,1,5-6,13-15H2,2H3,(H,24,25,26,27);3H2,1-2H3;1-2H3. The maximum absolute atomic E-state index is 12.9. The van der Waals surface area contributed by atoms with Crippen molar-refractivity contribution in [2.24, 2.45) is 4.99 Å². The van der Waals surface area contributed by atoms with Crippen molar-refractivity contribution < 1.29 is 4.79 Å². The number of benzene rings is 2. The van der Waals surface area contributed by atoms with E-state index >= 15 is 0 Å². The number of amides is 1. The molecule has 7 heteroatoms. The molecular formula is C27H38N6O. The number of nitrogens with zero attached hydrogens (tertiary/aromatic N) is 5. The van der Waals surface area contributed by atoms with Crippen molar-refractivity contribution in [3.05, 3.63) is 54.1 Å². The number of hydrogen-bond acceptors (Lipinski definition) is 5. The molecule has 1 aromatic heterocycles. The zero-order valence-electron chi connectivity index (χ0n) is 21.2. The van der Waals surface area contributed by atoms with Crippen LogP contribution in [0.5, 0.6) is 0 Å². The molecule has 1 amide bonds. The Balaban J connectivity index is 0.000000758. The quantitative estimate of drug-likeness (QED) is 0.459. The van der Waals surface area contributed by atoms with Crippen LogP contribution in [0.2, 0.25) is 0 Å². The van der Waals surface area contributed by atoms with Gasteiger partial charge in [-0.15, -0.1) is 10.2 Å². The fraction of sp³-hybridized carbons (Fsp3) is 0.444. The molecule has 0 saturated heterocycles. The molecule has 0 aliphatic heterocycles. The number of rotatable bonds is 6. The second-order valence-electron chi connectivity index (χ2n) is 8.24. The molecule has 1 aliphatic carbocycles. The van der Waals surface area contributed by atoms with Crippen LogP contribution in [-0.4, -0.2) is 50.7 Å². The van der Waals surface area contributed by atoms with E-state index < -0.39 is 5.54 Å². The Kier molecular flexibility index (Phi) is 10.6. The van der Waals surface area contributed by atoms with E-state index in [1.807, 2.05) is 45.2 Å². The third-order valence-electron chi connectivity index (χ3n) is 5.68. The first-order valence-corrected chi connectivity index (χ1v) is 12.2. The SMILES string of the molecule is C=NC1(C(=O)N(C)Cc2ccc(-c3ccccc3-c3nn[nH]n3)cc2)CCCC1.CC.CCC.